The molecule has 2 aromatic rings. The molecule has 0 aliphatic carbocycles. The zero-order chi connectivity index (χ0) is 13.8. The Balaban J connectivity index is 2.03. The molecule has 1 aromatic carbocycles. The van der Waals surface area contributed by atoms with Crippen LogP contribution in [-0.2, 0) is 0 Å². The highest BCUT2D eigenvalue weighted by Gasteiger charge is 2.13. The van der Waals surface area contributed by atoms with Gasteiger partial charge in [0.25, 0.3) is 5.69 Å². The van der Waals surface area contributed by atoms with E-state index in [1.807, 2.05) is 6.07 Å². The van der Waals surface area contributed by atoms with Crippen molar-refractivity contribution in [3.05, 3.63) is 62.3 Å². The number of nitro benzene ring substituents is 1. The van der Waals surface area contributed by atoms with Crippen molar-refractivity contribution in [2.75, 3.05) is 0 Å². The molecule has 1 N–H and O–H groups in total. The van der Waals surface area contributed by atoms with E-state index in [4.69, 9.17) is 0 Å². The lowest BCUT2D eigenvalue weighted by molar-refractivity contribution is -0.384. The first kappa shape index (κ1) is 13.7. The SMILES string of the molecule is CC(NC(C)c1cccs1)c1ccc([N+](=O)[O-])cc1. The number of hydrogen-bond donors (Lipinski definition) is 1. The van der Waals surface area contributed by atoms with Gasteiger partial charge >= 0.3 is 0 Å². The maximum absolute atomic E-state index is 10.6. The standard InChI is InChI=1S/C14H16N2O2S/c1-10(15-11(2)14-4-3-9-19-14)12-5-7-13(8-6-12)16(17)18/h3-11,15H,1-2H3. The Kier molecular flexibility index (Phi) is 4.29. The molecule has 1 aromatic heterocycles. The van der Waals surface area contributed by atoms with Crippen molar-refractivity contribution in [2.45, 2.75) is 25.9 Å². The lowest BCUT2D eigenvalue weighted by Crippen LogP contribution is -2.21. The number of thiophene rings is 1. The van der Waals surface area contributed by atoms with Gasteiger partial charge in [0.1, 0.15) is 0 Å². The maximum atomic E-state index is 10.6. The van der Waals surface area contributed by atoms with Crippen molar-refractivity contribution >= 4 is 17.0 Å². The molecule has 19 heavy (non-hydrogen) atoms. The van der Waals surface area contributed by atoms with Gasteiger partial charge in [-0.1, -0.05) is 18.2 Å². The van der Waals surface area contributed by atoms with Crippen molar-refractivity contribution < 1.29 is 4.92 Å². The number of hydrogen-bond acceptors (Lipinski definition) is 4. The average Bonchev–Trinajstić information content (AvgIpc) is 2.92. The molecule has 100 valence electrons. The van der Waals surface area contributed by atoms with Crippen LogP contribution >= 0.6 is 11.3 Å². The lowest BCUT2D eigenvalue weighted by Gasteiger charge is -2.19. The highest BCUT2D eigenvalue weighted by Crippen LogP contribution is 2.23. The molecule has 4 nitrogen and oxygen atoms in total. The van der Waals surface area contributed by atoms with Crippen LogP contribution in [0.3, 0.4) is 0 Å². The maximum Gasteiger partial charge on any atom is 0.269 e. The van der Waals surface area contributed by atoms with E-state index >= 15 is 0 Å². The largest absolute Gasteiger partial charge is 0.303 e. The summed E-state index contributed by atoms with van der Waals surface area (Å²) in [7, 11) is 0. The molecule has 0 bridgehead atoms. The van der Waals surface area contributed by atoms with Gasteiger partial charge in [0, 0.05) is 29.1 Å². The van der Waals surface area contributed by atoms with E-state index in [1.165, 1.54) is 4.88 Å². The van der Waals surface area contributed by atoms with Crippen LogP contribution in [0.1, 0.15) is 36.4 Å². The fourth-order valence-electron chi connectivity index (χ4n) is 1.98. The molecule has 2 rings (SSSR count). The normalized spacial score (nSPS) is 14.0. The number of benzene rings is 1. The summed E-state index contributed by atoms with van der Waals surface area (Å²) in [6, 6.07) is 11.3. The van der Waals surface area contributed by atoms with E-state index < -0.39 is 0 Å². The van der Waals surface area contributed by atoms with Crippen molar-refractivity contribution in [3.63, 3.8) is 0 Å². The lowest BCUT2D eigenvalue weighted by atomic mass is 10.1. The van der Waals surface area contributed by atoms with E-state index in [-0.39, 0.29) is 22.7 Å². The summed E-state index contributed by atoms with van der Waals surface area (Å²) >= 11 is 1.72. The van der Waals surface area contributed by atoms with Gasteiger partial charge < -0.3 is 5.32 Å². The summed E-state index contributed by atoms with van der Waals surface area (Å²) in [4.78, 5) is 11.5. The van der Waals surface area contributed by atoms with Gasteiger partial charge in [0.15, 0.2) is 0 Å². The monoisotopic (exact) mass is 276 g/mol. The smallest absolute Gasteiger partial charge is 0.269 e. The summed E-state index contributed by atoms with van der Waals surface area (Å²) in [6.45, 7) is 4.18. The second-order valence-corrected chi connectivity index (χ2v) is 5.45. The van der Waals surface area contributed by atoms with Gasteiger partial charge in [-0.25, -0.2) is 0 Å². The highest BCUT2D eigenvalue weighted by molar-refractivity contribution is 7.10. The van der Waals surface area contributed by atoms with E-state index in [0.717, 1.165) is 5.56 Å². The fourth-order valence-corrected chi connectivity index (χ4v) is 2.72. The number of nitrogens with zero attached hydrogens (tertiary/aromatic N) is 1. The van der Waals surface area contributed by atoms with E-state index in [1.54, 1.807) is 35.6 Å². The molecule has 0 radical (unpaired) electrons. The predicted molar refractivity (Wildman–Crippen MR) is 77.4 cm³/mol. The molecule has 2 unspecified atom stereocenters. The molecular formula is C14H16N2O2S. The Bertz CT molecular complexity index is 537. The van der Waals surface area contributed by atoms with Crippen LogP contribution in [0.4, 0.5) is 5.69 Å². The quantitative estimate of drug-likeness (QED) is 0.661. The first-order valence-electron chi connectivity index (χ1n) is 6.11. The zero-order valence-corrected chi connectivity index (χ0v) is 11.7. The Morgan fingerprint density at radius 1 is 1.16 bits per heavy atom. The molecule has 0 aliphatic rings. The van der Waals surface area contributed by atoms with Crippen LogP contribution in [0, 0.1) is 10.1 Å². The second kappa shape index (κ2) is 5.95. The van der Waals surface area contributed by atoms with Gasteiger partial charge in [-0.05, 0) is 30.9 Å². The Morgan fingerprint density at radius 3 is 2.37 bits per heavy atom. The average molecular weight is 276 g/mol. The minimum Gasteiger partial charge on any atom is -0.303 e. The van der Waals surface area contributed by atoms with Gasteiger partial charge in [0.05, 0.1) is 4.92 Å². The molecule has 0 spiro atoms. The molecule has 2 atom stereocenters. The Hall–Kier alpha value is -1.72. The second-order valence-electron chi connectivity index (χ2n) is 4.47. The molecule has 0 saturated carbocycles. The van der Waals surface area contributed by atoms with Crippen molar-refractivity contribution in [1.82, 2.24) is 5.32 Å². The van der Waals surface area contributed by atoms with Crippen molar-refractivity contribution in [1.29, 1.82) is 0 Å². The van der Waals surface area contributed by atoms with E-state index in [2.05, 4.69) is 30.6 Å². The van der Waals surface area contributed by atoms with Crippen LogP contribution in [0.15, 0.2) is 41.8 Å². The van der Waals surface area contributed by atoms with Crippen LogP contribution < -0.4 is 5.32 Å². The molecular weight excluding hydrogens is 260 g/mol. The molecule has 0 amide bonds. The summed E-state index contributed by atoms with van der Waals surface area (Å²) in [6.07, 6.45) is 0. The van der Waals surface area contributed by atoms with Gasteiger partial charge in [0.2, 0.25) is 0 Å². The Labute approximate surface area is 116 Å². The molecule has 5 heteroatoms. The number of non-ortho nitro benzene ring substituents is 1. The third-order valence-corrected chi connectivity index (χ3v) is 4.13. The highest BCUT2D eigenvalue weighted by atomic mass is 32.1. The fraction of sp³-hybridized carbons (Fsp3) is 0.286. The van der Waals surface area contributed by atoms with E-state index in [0.29, 0.717) is 0 Å². The van der Waals surface area contributed by atoms with Gasteiger partial charge in [-0.2, -0.15) is 0 Å². The summed E-state index contributed by atoms with van der Waals surface area (Å²) in [5, 5.41) is 16.2. The summed E-state index contributed by atoms with van der Waals surface area (Å²) in [5.41, 5.74) is 1.18. The Morgan fingerprint density at radius 2 is 1.84 bits per heavy atom. The minimum absolute atomic E-state index is 0.127. The van der Waals surface area contributed by atoms with Crippen LogP contribution in [0.2, 0.25) is 0 Å². The first-order chi connectivity index (χ1) is 9.08. The van der Waals surface area contributed by atoms with Crippen LogP contribution in [0.25, 0.3) is 0 Å². The number of nitrogens with one attached hydrogen (secondary N) is 1. The third-order valence-electron chi connectivity index (χ3n) is 3.07. The number of nitro groups is 1. The molecule has 0 aliphatic heterocycles. The van der Waals surface area contributed by atoms with Gasteiger partial charge in [-0.15, -0.1) is 11.3 Å². The first-order valence-corrected chi connectivity index (χ1v) is 6.99. The van der Waals surface area contributed by atoms with Crippen LogP contribution in [0.5, 0.6) is 0 Å². The molecule has 1 heterocycles. The van der Waals surface area contributed by atoms with Crippen molar-refractivity contribution in [2.24, 2.45) is 0 Å². The predicted octanol–water partition coefficient (Wildman–Crippen LogP) is 4.07. The van der Waals surface area contributed by atoms with Crippen LogP contribution in [-0.4, -0.2) is 4.92 Å². The van der Waals surface area contributed by atoms with E-state index in [9.17, 15) is 10.1 Å². The topological polar surface area (TPSA) is 55.2 Å². The minimum atomic E-state index is -0.379. The summed E-state index contributed by atoms with van der Waals surface area (Å²) < 4.78 is 0. The summed E-state index contributed by atoms with van der Waals surface area (Å²) in [5.74, 6) is 0. The van der Waals surface area contributed by atoms with Gasteiger partial charge in [-0.3, -0.25) is 10.1 Å². The third kappa shape index (κ3) is 3.39. The molecule has 0 fully saturated rings. The van der Waals surface area contributed by atoms with Crippen molar-refractivity contribution in [3.8, 4) is 0 Å². The number of rotatable bonds is 5. The molecule has 0 saturated heterocycles. The zero-order valence-electron chi connectivity index (χ0n) is 10.9.